The van der Waals surface area contributed by atoms with Crippen LogP contribution >= 0.6 is 0 Å². The zero-order valence-electron chi connectivity index (χ0n) is 18.6. The van der Waals surface area contributed by atoms with Crippen LogP contribution < -0.4 is 0 Å². The van der Waals surface area contributed by atoms with E-state index in [0.29, 0.717) is 30.0 Å². The number of aryl methyl sites for hydroxylation is 2. The van der Waals surface area contributed by atoms with Gasteiger partial charge in [-0.15, -0.1) is 5.10 Å². The van der Waals surface area contributed by atoms with Gasteiger partial charge in [0.25, 0.3) is 17.5 Å². The first-order valence-corrected chi connectivity index (χ1v) is 10.3. The molecule has 12 heteroatoms. The minimum absolute atomic E-state index is 0.0662. The summed E-state index contributed by atoms with van der Waals surface area (Å²) in [5, 5.41) is 3.49. The van der Waals surface area contributed by atoms with Crippen molar-refractivity contribution in [2.24, 2.45) is 0 Å². The first-order valence-electron chi connectivity index (χ1n) is 10.3. The van der Waals surface area contributed by atoms with E-state index in [-0.39, 0.29) is 36.7 Å². The second kappa shape index (κ2) is 9.00. The molecule has 9 nitrogen and oxygen atoms in total. The lowest BCUT2D eigenvalue weighted by Gasteiger charge is -2.36. The van der Waals surface area contributed by atoms with Crippen LogP contribution in [0.3, 0.4) is 0 Å². The number of rotatable bonds is 5. The van der Waals surface area contributed by atoms with Crippen LogP contribution in [0.4, 0.5) is 13.2 Å². The number of amides is 1. The molecule has 1 aliphatic heterocycles. The van der Waals surface area contributed by atoms with Crippen LogP contribution in [0.15, 0.2) is 0 Å². The molecule has 1 amide bonds. The van der Waals surface area contributed by atoms with E-state index in [4.69, 9.17) is 9.47 Å². The van der Waals surface area contributed by atoms with E-state index in [1.807, 2.05) is 13.8 Å². The van der Waals surface area contributed by atoms with E-state index in [1.54, 1.807) is 18.7 Å². The fraction of sp³-hybridized carbons (Fsp3) is 0.650. The zero-order chi connectivity index (χ0) is 23.8. The summed E-state index contributed by atoms with van der Waals surface area (Å²) >= 11 is 0. The highest BCUT2D eigenvalue weighted by atomic mass is 19.4. The molecule has 2 aromatic heterocycles. The summed E-state index contributed by atoms with van der Waals surface area (Å²) in [7, 11) is 0. The highest BCUT2D eigenvalue weighted by molar-refractivity contribution is 5.83. The molecular formula is C20H26F3N5O4. The number of ether oxygens (including phenoxy) is 2. The van der Waals surface area contributed by atoms with Crippen LogP contribution in [0, 0.1) is 13.8 Å². The lowest BCUT2D eigenvalue weighted by atomic mass is 10.1. The molecule has 3 unspecified atom stereocenters. The van der Waals surface area contributed by atoms with E-state index in [0.717, 1.165) is 4.52 Å². The van der Waals surface area contributed by atoms with Crippen molar-refractivity contribution in [3.63, 3.8) is 0 Å². The van der Waals surface area contributed by atoms with Gasteiger partial charge in [0.15, 0.2) is 6.10 Å². The maximum atomic E-state index is 12.9. The number of hydrogen-bond donors (Lipinski definition) is 0. The number of aromatic nitrogens is 4. The van der Waals surface area contributed by atoms with Crippen LogP contribution in [-0.2, 0) is 31.7 Å². The van der Waals surface area contributed by atoms with Crippen molar-refractivity contribution in [1.82, 2.24) is 24.5 Å². The molecule has 0 spiro atoms. The number of carbonyl (C=O) groups excluding carboxylic acids is 2. The maximum absolute atomic E-state index is 12.9. The van der Waals surface area contributed by atoms with E-state index in [9.17, 15) is 22.8 Å². The summed E-state index contributed by atoms with van der Waals surface area (Å²) in [6.07, 6.45) is -5.73. The molecule has 0 N–H and O–H groups in total. The molecule has 2 aromatic rings. The van der Waals surface area contributed by atoms with Gasteiger partial charge in [0, 0.05) is 30.9 Å². The van der Waals surface area contributed by atoms with Crippen molar-refractivity contribution in [1.29, 1.82) is 0 Å². The number of carbonyl (C=O) groups is 2. The summed E-state index contributed by atoms with van der Waals surface area (Å²) in [6.45, 7) is 9.32. The Kier molecular flexibility index (Phi) is 6.72. The Morgan fingerprint density at radius 2 is 1.81 bits per heavy atom. The summed E-state index contributed by atoms with van der Waals surface area (Å²) in [5.41, 5.74) is 1.43. The molecule has 176 valence electrons. The molecular weight excluding hydrogens is 431 g/mol. The smallest absolute Gasteiger partial charge is 0.453 e. The van der Waals surface area contributed by atoms with Crippen molar-refractivity contribution in [3.8, 4) is 0 Å². The highest BCUT2D eigenvalue weighted by Crippen LogP contribution is 2.27. The van der Waals surface area contributed by atoms with Gasteiger partial charge in [0.2, 0.25) is 0 Å². The highest BCUT2D eigenvalue weighted by Gasteiger charge is 2.37. The van der Waals surface area contributed by atoms with Crippen LogP contribution in [0.25, 0.3) is 5.78 Å². The van der Waals surface area contributed by atoms with Crippen molar-refractivity contribution in [2.75, 3.05) is 13.1 Å². The molecule has 3 heterocycles. The zero-order valence-corrected chi connectivity index (χ0v) is 18.6. The predicted octanol–water partition coefficient (Wildman–Crippen LogP) is 2.26. The topological polar surface area (TPSA) is 98.9 Å². The second-order valence-electron chi connectivity index (χ2n) is 8.04. The van der Waals surface area contributed by atoms with Gasteiger partial charge in [-0.1, -0.05) is 0 Å². The quantitative estimate of drug-likeness (QED) is 0.635. The SMILES string of the molecule is Cc1nc2nc(C(F)(F)F)nn2c(C)c1CCC(=O)OC(C)C(=O)N1CC(C)OC(C)C1. The summed E-state index contributed by atoms with van der Waals surface area (Å²) in [5.74, 6) is -2.32. The Hall–Kier alpha value is -2.76. The third-order valence-corrected chi connectivity index (χ3v) is 5.27. The lowest BCUT2D eigenvalue weighted by Crippen LogP contribution is -2.51. The molecule has 0 radical (unpaired) electrons. The fourth-order valence-electron chi connectivity index (χ4n) is 3.84. The molecule has 0 saturated carbocycles. The Bertz CT molecular complexity index is 1010. The number of morpholine rings is 1. The average molecular weight is 457 g/mol. The van der Waals surface area contributed by atoms with Crippen molar-refractivity contribution < 1.29 is 32.2 Å². The predicted molar refractivity (Wildman–Crippen MR) is 106 cm³/mol. The Morgan fingerprint density at radius 3 is 2.41 bits per heavy atom. The number of nitrogens with zero attached hydrogens (tertiary/aromatic N) is 5. The van der Waals surface area contributed by atoms with Crippen molar-refractivity contribution in [2.45, 2.75) is 71.9 Å². The number of esters is 1. The molecule has 0 bridgehead atoms. The normalized spacial score (nSPS) is 20.4. The van der Waals surface area contributed by atoms with Gasteiger partial charge >= 0.3 is 12.1 Å². The van der Waals surface area contributed by atoms with Gasteiger partial charge in [0.05, 0.1) is 12.2 Å². The van der Waals surface area contributed by atoms with E-state index in [2.05, 4.69) is 15.1 Å². The van der Waals surface area contributed by atoms with Crippen LogP contribution in [0.2, 0.25) is 0 Å². The number of halogens is 3. The third-order valence-electron chi connectivity index (χ3n) is 5.27. The van der Waals surface area contributed by atoms with E-state index >= 15 is 0 Å². The van der Waals surface area contributed by atoms with Crippen molar-refractivity contribution in [3.05, 3.63) is 22.8 Å². The molecule has 0 aliphatic carbocycles. The maximum Gasteiger partial charge on any atom is 0.453 e. The third kappa shape index (κ3) is 5.17. The van der Waals surface area contributed by atoms with Crippen molar-refractivity contribution >= 4 is 17.7 Å². The van der Waals surface area contributed by atoms with Gasteiger partial charge < -0.3 is 14.4 Å². The first kappa shape index (κ1) is 23.9. The van der Waals surface area contributed by atoms with E-state index < -0.39 is 24.1 Å². The monoisotopic (exact) mass is 457 g/mol. The Balaban J connectivity index is 1.64. The fourth-order valence-corrected chi connectivity index (χ4v) is 3.84. The number of fused-ring (bicyclic) bond motifs is 1. The summed E-state index contributed by atoms with van der Waals surface area (Å²) < 4.78 is 50.7. The molecule has 32 heavy (non-hydrogen) atoms. The molecule has 3 rings (SSSR count). The Morgan fingerprint density at radius 1 is 1.19 bits per heavy atom. The molecule has 0 aromatic carbocycles. The average Bonchev–Trinajstić information content (AvgIpc) is 3.11. The van der Waals surface area contributed by atoms with Crippen LogP contribution in [-0.4, -0.2) is 67.8 Å². The van der Waals surface area contributed by atoms with Gasteiger partial charge in [-0.05, 0) is 46.6 Å². The second-order valence-corrected chi connectivity index (χ2v) is 8.04. The minimum Gasteiger partial charge on any atom is -0.453 e. The lowest BCUT2D eigenvalue weighted by molar-refractivity contribution is -0.164. The standard InChI is InChI=1S/C20H26F3N5O4/c1-10-8-27(9-11(2)31-10)17(30)14(5)32-16(29)7-6-15-12(3)24-19-25-18(20(21,22)23)26-28(19)13(15)4/h10-11,14H,6-9H2,1-5H3. The van der Waals surface area contributed by atoms with Gasteiger partial charge in [-0.3, -0.25) is 9.59 Å². The summed E-state index contributed by atoms with van der Waals surface area (Å²) in [6, 6.07) is 0. The van der Waals surface area contributed by atoms with Gasteiger partial charge in [-0.25, -0.2) is 9.50 Å². The van der Waals surface area contributed by atoms with Crippen LogP contribution in [0.5, 0.6) is 0 Å². The molecule has 3 atom stereocenters. The molecule has 1 aliphatic rings. The minimum atomic E-state index is -4.68. The molecule has 1 saturated heterocycles. The molecule has 1 fully saturated rings. The van der Waals surface area contributed by atoms with Gasteiger partial charge in [-0.2, -0.15) is 18.2 Å². The summed E-state index contributed by atoms with van der Waals surface area (Å²) in [4.78, 5) is 34.1. The van der Waals surface area contributed by atoms with E-state index in [1.165, 1.54) is 6.92 Å². The first-order chi connectivity index (χ1) is 14.9. The Labute approximate surface area is 182 Å². The number of hydrogen-bond acceptors (Lipinski definition) is 7. The number of alkyl halides is 3. The van der Waals surface area contributed by atoms with Gasteiger partial charge in [0.1, 0.15) is 0 Å². The largest absolute Gasteiger partial charge is 0.453 e. The van der Waals surface area contributed by atoms with Crippen LogP contribution in [0.1, 0.15) is 50.0 Å².